The van der Waals surface area contributed by atoms with Crippen molar-refractivity contribution in [1.29, 1.82) is 0 Å². The third kappa shape index (κ3) is 4.46. The third-order valence-electron chi connectivity index (χ3n) is 3.49. The number of nitrogens with two attached hydrogens (primary N) is 1. The molecule has 0 saturated carbocycles. The first-order chi connectivity index (χ1) is 10.3. The van der Waals surface area contributed by atoms with Crippen molar-refractivity contribution in [1.82, 2.24) is 0 Å². The van der Waals surface area contributed by atoms with Gasteiger partial charge >= 0.3 is 0 Å². The van der Waals surface area contributed by atoms with Crippen LogP contribution in [0.3, 0.4) is 0 Å². The quantitative estimate of drug-likeness (QED) is 0.220. The number of phenols is 1. The molecule has 0 radical (unpaired) electrons. The number of aliphatic hydroxyl groups is 5. The summed E-state index contributed by atoms with van der Waals surface area (Å²) >= 11 is 0. The summed E-state index contributed by atoms with van der Waals surface area (Å²) in [5.41, 5.74) is 6.33. The Morgan fingerprint density at radius 1 is 1.09 bits per heavy atom. The Labute approximate surface area is 128 Å². The van der Waals surface area contributed by atoms with Crippen LogP contribution in [0.4, 0.5) is 11.4 Å². The standard InChI is InChI=1S/C14H24N2O6/c1-2-16(8-3-4-9(15)10(18)5-8)6-11(19)13(21)14(22)12(20)7-17/h3-5,11-14,17-22H,2,6-7,15H2,1H3. The molecule has 1 rings (SSSR count). The van der Waals surface area contributed by atoms with Gasteiger partial charge in [-0.15, -0.1) is 0 Å². The van der Waals surface area contributed by atoms with Crippen molar-refractivity contribution in [2.24, 2.45) is 0 Å². The van der Waals surface area contributed by atoms with Crippen molar-refractivity contribution in [2.75, 3.05) is 30.3 Å². The van der Waals surface area contributed by atoms with E-state index in [0.717, 1.165) is 0 Å². The molecule has 1 aromatic rings. The van der Waals surface area contributed by atoms with Crippen LogP contribution >= 0.6 is 0 Å². The Morgan fingerprint density at radius 2 is 1.68 bits per heavy atom. The second-order valence-electron chi connectivity index (χ2n) is 5.08. The largest absolute Gasteiger partial charge is 0.506 e. The lowest BCUT2D eigenvalue weighted by molar-refractivity contribution is -0.112. The summed E-state index contributed by atoms with van der Waals surface area (Å²) in [5, 5.41) is 57.0. The first kappa shape index (κ1) is 18.5. The number of likely N-dealkylation sites (N-methyl/N-ethyl adjacent to an activating group) is 1. The molecule has 8 nitrogen and oxygen atoms in total. The number of nitrogens with zero attached hydrogens (tertiary/aromatic N) is 1. The number of aliphatic hydroxyl groups excluding tert-OH is 5. The van der Waals surface area contributed by atoms with E-state index >= 15 is 0 Å². The van der Waals surface area contributed by atoms with Gasteiger partial charge in [0.2, 0.25) is 0 Å². The van der Waals surface area contributed by atoms with Crippen LogP contribution in [0.15, 0.2) is 18.2 Å². The van der Waals surface area contributed by atoms with Crippen molar-refractivity contribution in [3.05, 3.63) is 18.2 Å². The zero-order valence-electron chi connectivity index (χ0n) is 12.4. The molecule has 0 saturated heterocycles. The van der Waals surface area contributed by atoms with E-state index in [1.54, 1.807) is 11.0 Å². The van der Waals surface area contributed by atoms with Gasteiger partial charge in [-0.25, -0.2) is 0 Å². The average molecular weight is 316 g/mol. The first-order valence-electron chi connectivity index (χ1n) is 6.98. The van der Waals surface area contributed by atoms with E-state index in [-0.39, 0.29) is 18.0 Å². The van der Waals surface area contributed by atoms with E-state index < -0.39 is 31.0 Å². The highest BCUT2D eigenvalue weighted by atomic mass is 16.4. The second-order valence-corrected chi connectivity index (χ2v) is 5.08. The first-order valence-corrected chi connectivity index (χ1v) is 6.98. The predicted molar refractivity (Wildman–Crippen MR) is 81.5 cm³/mol. The summed E-state index contributed by atoms with van der Waals surface area (Å²) in [5.74, 6) is -0.0956. The molecule has 8 heteroatoms. The lowest BCUT2D eigenvalue weighted by Gasteiger charge is -2.31. The van der Waals surface area contributed by atoms with Crippen LogP contribution < -0.4 is 10.6 Å². The Hall–Kier alpha value is -1.58. The zero-order valence-corrected chi connectivity index (χ0v) is 12.4. The summed E-state index contributed by atoms with van der Waals surface area (Å²) in [4.78, 5) is 1.66. The SMILES string of the molecule is CCN(CC(O)C(O)C(O)C(O)CO)c1ccc(N)c(O)c1. The van der Waals surface area contributed by atoms with E-state index in [1.165, 1.54) is 12.1 Å². The monoisotopic (exact) mass is 316 g/mol. The lowest BCUT2D eigenvalue weighted by atomic mass is 10.0. The zero-order chi connectivity index (χ0) is 16.9. The van der Waals surface area contributed by atoms with Crippen molar-refractivity contribution in [3.63, 3.8) is 0 Å². The molecule has 0 amide bonds. The van der Waals surface area contributed by atoms with Crippen LogP contribution in [0.25, 0.3) is 0 Å². The van der Waals surface area contributed by atoms with Gasteiger partial charge in [-0.2, -0.15) is 0 Å². The number of hydrogen-bond donors (Lipinski definition) is 7. The molecule has 0 spiro atoms. The maximum atomic E-state index is 9.99. The highest BCUT2D eigenvalue weighted by Gasteiger charge is 2.31. The minimum atomic E-state index is -1.67. The summed E-state index contributed by atoms with van der Waals surface area (Å²) in [6.07, 6.45) is -6.20. The van der Waals surface area contributed by atoms with Gasteiger partial charge in [0, 0.05) is 24.8 Å². The highest BCUT2D eigenvalue weighted by molar-refractivity contribution is 5.61. The predicted octanol–water partition coefficient (Wildman–Crippen LogP) is -1.76. The topological polar surface area (TPSA) is 151 Å². The normalized spacial score (nSPS) is 16.8. The van der Waals surface area contributed by atoms with Gasteiger partial charge in [0.25, 0.3) is 0 Å². The molecule has 8 N–H and O–H groups in total. The fourth-order valence-electron chi connectivity index (χ4n) is 2.04. The molecular weight excluding hydrogens is 292 g/mol. The molecule has 22 heavy (non-hydrogen) atoms. The van der Waals surface area contributed by atoms with E-state index in [9.17, 15) is 25.5 Å². The molecule has 4 atom stereocenters. The number of nitrogen functional groups attached to an aromatic ring is 1. The summed E-state index contributed by atoms with van der Waals surface area (Å²) in [6.45, 7) is 1.50. The van der Waals surface area contributed by atoms with E-state index in [0.29, 0.717) is 12.2 Å². The number of anilines is 2. The smallest absolute Gasteiger partial charge is 0.140 e. The van der Waals surface area contributed by atoms with Crippen LogP contribution in [-0.2, 0) is 0 Å². The molecule has 0 bridgehead atoms. The molecule has 0 heterocycles. The lowest BCUT2D eigenvalue weighted by Crippen LogP contribution is -2.49. The van der Waals surface area contributed by atoms with Crippen molar-refractivity contribution in [3.8, 4) is 5.75 Å². The van der Waals surface area contributed by atoms with Gasteiger partial charge in [-0.3, -0.25) is 0 Å². The number of benzene rings is 1. The average Bonchev–Trinajstić information content (AvgIpc) is 2.52. The number of rotatable bonds is 8. The molecular formula is C14H24N2O6. The molecule has 0 fully saturated rings. The minimum absolute atomic E-state index is 0.0454. The van der Waals surface area contributed by atoms with Crippen molar-refractivity contribution < 1.29 is 30.6 Å². The van der Waals surface area contributed by atoms with Crippen LogP contribution in [0, 0.1) is 0 Å². The maximum Gasteiger partial charge on any atom is 0.140 e. The fourth-order valence-corrected chi connectivity index (χ4v) is 2.04. The fraction of sp³-hybridized carbons (Fsp3) is 0.571. The van der Waals surface area contributed by atoms with Gasteiger partial charge in [-0.05, 0) is 19.1 Å². The van der Waals surface area contributed by atoms with Gasteiger partial charge in [-0.1, -0.05) is 0 Å². The molecule has 0 aliphatic rings. The van der Waals surface area contributed by atoms with Gasteiger partial charge in [0.15, 0.2) is 0 Å². The Balaban J connectivity index is 2.78. The Morgan fingerprint density at radius 3 is 2.18 bits per heavy atom. The molecule has 0 aliphatic heterocycles. The number of aromatic hydroxyl groups is 1. The third-order valence-corrected chi connectivity index (χ3v) is 3.49. The van der Waals surface area contributed by atoms with Gasteiger partial charge in [0.1, 0.15) is 24.1 Å². The maximum absolute atomic E-state index is 9.99. The summed E-state index contributed by atoms with van der Waals surface area (Å²) in [6, 6.07) is 4.59. The van der Waals surface area contributed by atoms with Crippen LogP contribution in [-0.4, -0.2) is 74.8 Å². The van der Waals surface area contributed by atoms with Gasteiger partial charge < -0.3 is 41.3 Å². The summed E-state index contributed by atoms with van der Waals surface area (Å²) < 4.78 is 0. The molecule has 0 aliphatic carbocycles. The Kier molecular flexibility index (Phi) is 6.85. The van der Waals surface area contributed by atoms with Crippen LogP contribution in [0.5, 0.6) is 5.75 Å². The van der Waals surface area contributed by atoms with Crippen molar-refractivity contribution >= 4 is 11.4 Å². The van der Waals surface area contributed by atoms with Crippen molar-refractivity contribution in [2.45, 2.75) is 31.3 Å². The van der Waals surface area contributed by atoms with Crippen LogP contribution in [0.2, 0.25) is 0 Å². The van der Waals surface area contributed by atoms with Crippen LogP contribution in [0.1, 0.15) is 6.92 Å². The number of hydrogen-bond acceptors (Lipinski definition) is 8. The summed E-state index contributed by atoms with van der Waals surface area (Å²) in [7, 11) is 0. The molecule has 126 valence electrons. The molecule has 4 unspecified atom stereocenters. The molecule has 0 aromatic heterocycles. The van der Waals surface area contributed by atoms with E-state index in [2.05, 4.69) is 0 Å². The Bertz CT molecular complexity index is 473. The van der Waals surface area contributed by atoms with E-state index in [4.69, 9.17) is 10.8 Å². The van der Waals surface area contributed by atoms with E-state index in [1.807, 2.05) is 6.92 Å². The minimum Gasteiger partial charge on any atom is -0.506 e. The second kappa shape index (κ2) is 8.16. The number of phenolic OH excluding ortho intramolecular Hbond substituents is 1. The highest BCUT2D eigenvalue weighted by Crippen LogP contribution is 2.26. The van der Waals surface area contributed by atoms with Gasteiger partial charge in [0.05, 0.1) is 18.4 Å². The molecule has 1 aromatic carbocycles.